The van der Waals surface area contributed by atoms with Crippen LogP contribution in [0.4, 0.5) is 4.39 Å². The lowest BCUT2D eigenvalue weighted by Gasteiger charge is -2.19. The Morgan fingerprint density at radius 2 is 1.61 bits per heavy atom. The van der Waals surface area contributed by atoms with Gasteiger partial charge >= 0.3 is 7.12 Å². The number of fused-ring (bicyclic) bond motifs is 1. The van der Waals surface area contributed by atoms with E-state index in [4.69, 9.17) is 10.0 Å². The molecule has 0 aliphatic heterocycles. The van der Waals surface area contributed by atoms with Crippen LogP contribution in [0.3, 0.4) is 0 Å². The zero-order valence-corrected chi connectivity index (χ0v) is 19.1. The predicted molar refractivity (Wildman–Crippen MR) is 129 cm³/mol. The molecule has 0 saturated carbocycles. The van der Waals surface area contributed by atoms with Crippen LogP contribution in [0.25, 0.3) is 10.8 Å². The Bertz CT molecular complexity index is 1070. The molecule has 2 amide bonds. The van der Waals surface area contributed by atoms with Gasteiger partial charge in [-0.05, 0) is 46.5 Å². The number of rotatable bonds is 7. The van der Waals surface area contributed by atoms with Crippen LogP contribution >= 0.6 is 0 Å². The number of carbonyl (C=O) groups excluding carboxylic acids is 2. The first-order valence-corrected chi connectivity index (χ1v) is 10.8. The highest BCUT2D eigenvalue weighted by Gasteiger charge is 2.21. The maximum atomic E-state index is 13.7. The van der Waals surface area contributed by atoms with Crippen molar-refractivity contribution in [3.63, 3.8) is 0 Å². The molecule has 3 aromatic carbocycles. The first-order valence-electron chi connectivity index (χ1n) is 10.8. The molecule has 174 valence electrons. The first-order chi connectivity index (χ1) is 15.7. The summed E-state index contributed by atoms with van der Waals surface area (Å²) in [5, 5.41) is 24.8. The summed E-state index contributed by atoms with van der Waals surface area (Å²) >= 11 is 0. The Morgan fingerprint density at radius 1 is 0.939 bits per heavy atom. The van der Waals surface area contributed by atoms with Crippen LogP contribution in [-0.2, 0) is 4.79 Å². The standard InChI is InChI=1S/C21H20BFN2O4.C4H10/c23-18-7-3-6-16(11-18)19(12-20(26)24-13-22(28)29)25-21(27)17-9-8-14-4-1-2-5-15(14)10-17;1-4(2)3/h1-11,19,28-29H,12-13H2,(H,24,26)(H,25,27);4H,1-3H3. The van der Waals surface area contributed by atoms with Gasteiger partial charge in [0.25, 0.3) is 5.91 Å². The van der Waals surface area contributed by atoms with Gasteiger partial charge in [0.1, 0.15) is 5.82 Å². The molecule has 0 heterocycles. The lowest BCUT2D eigenvalue weighted by atomic mass is 9.92. The second-order valence-corrected chi connectivity index (χ2v) is 8.36. The molecular weight excluding hydrogens is 422 g/mol. The van der Waals surface area contributed by atoms with Gasteiger partial charge in [-0.1, -0.05) is 63.2 Å². The minimum absolute atomic E-state index is 0.185. The zero-order chi connectivity index (χ0) is 24.4. The summed E-state index contributed by atoms with van der Waals surface area (Å²) in [5.74, 6) is -0.565. The van der Waals surface area contributed by atoms with Crippen LogP contribution in [0.2, 0.25) is 0 Å². The normalized spacial score (nSPS) is 11.4. The highest BCUT2D eigenvalue weighted by Crippen LogP contribution is 2.20. The van der Waals surface area contributed by atoms with Crippen molar-refractivity contribution in [3.8, 4) is 0 Å². The molecular formula is C25H30BFN2O4. The van der Waals surface area contributed by atoms with Crippen molar-refractivity contribution >= 4 is 29.7 Å². The van der Waals surface area contributed by atoms with Crippen LogP contribution in [-0.4, -0.2) is 35.4 Å². The molecule has 1 atom stereocenters. The van der Waals surface area contributed by atoms with E-state index in [0.717, 1.165) is 16.7 Å². The van der Waals surface area contributed by atoms with E-state index in [0.29, 0.717) is 11.1 Å². The lowest BCUT2D eigenvalue weighted by Crippen LogP contribution is -2.38. The number of amides is 2. The number of hydrogen-bond donors (Lipinski definition) is 4. The highest BCUT2D eigenvalue weighted by atomic mass is 19.1. The summed E-state index contributed by atoms with van der Waals surface area (Å²) in [7, 11) is -1.68. The van der Waals surface area contributed by atoms with E-state index in [1.54, 1.807) is 18.2 Å². The summed E-state index contributed by atoms with van der Waals surface area (Å²) in [6.45, 7) is 6.50. The van der Waals surface area contributed by atoms with Gasteiger partial charge < -0.3 is 20.7 Å². The van der Waals surface area contributed by atoms with Gasteiger partial charge in [0.15, 0.2) is 0 Å². The second kappa shape index (κ2) is 12.7. The van der Waals surface area contributed by atoms with Gasteiger partial charge in [-0.3, -0.25) is 9.59 Å². The number of carbonyl (C=O) groups is 2. The van der Waals surface area contributed by atoms with Crippen molar-refractivity contribution in [2.45, 2.75) is 33.2 Å². The molecule has 0 aliphatic rings. The first kappa shape index (κ1) is 26.0. The maximum absolute atomic E-state index is 13.7. The third kappa shape index (κ3) is 9.04. The number of benzene rings is 3. The minimum Gasteiger partial charge on any atom is -0.426 e. The van der Waals surface area contributed by atoms with E-state index in [1.165, 1.54) is 18.2 Å². The Labute approximate surface area is 194 Å². The molecule has 3 rings (SSSR count). The molecule has 8 heteroatoms. The molecule has 0 fully saturated rings. The monoisotopic (exact) mass is 452 g/mol. The molecule has 6 nitrogen and oxygen atoms in total. The molecule has 0 spiro atoms. The van der Waals surface area contributed by atoms with Crippen molar-refractivity contribution in [1.82, 2.24) is 10.6 Å². The van der Waals surface area contributed by atoms with Crippen LogP contribution in [0.5, 0.6) is 0 Å². The maximum Gasteiger partial charge on any atom is 0.472 e. The molecule has 0 radical (unpaired) electrons. The van der Waals surface area contributed by atoms with E-state index < -0.39 is 30.8 Å². The molecule has 0 aliphatic carbocycles. The summed E-state index contributed by atoms with van der Waals surface area (Å²) in [5.41, 5.74) is 0.843. The van der Waals surface area contributed by atoms with Gasteiger partial charge in [0.2, 0.25) is 5.91 Å². The van der Waals surface area contributed by atoms with Crippen LogP contribution in [0, 0.1) is 11.7 Å². The van der Waals surface area contributed by atoms with E-state index in [9.17, 15) is 14.0 Å². The fraction of sp³-hybridized carbons (Fsp3) is 0.280. The SMILES string of the molecule is CC(C)C.O=C(CC(NC(=O)c1ccc2ccccc2c1)c1cccc(F)c1)NCB(O)O. The summed E-state index contributed by atoms with van der Waals surface area (Å²) in [6.07, 6.45) is -0.525. The average molecular weight is 452 g/mol. The van der Waals surface area contributed by atoms with E-state index in [2.05, 4.69) is 31.4 Å². The van der Waals surface area contributed by atoms with E-state index >= 15 is 0 Å². The summed E-state index contributed by atoms with van der Waals surface area (Å²) in [4.78, 5) is 24.9. The van der Waals surface area contributed by atoms with Crippen LogP contribution in [0.1, 0.15) is 49.2 Å². The Hall–Kier alpha value is -3.23. The molecule has 0 aromatic heterocycles. The molecule has 1 unspecified atom stereocenters. The Morgan fingerprint density at radius 3 is 2.24 bits per heavy atom. The van der Waals surface area contributed by atoms with Gasteiger partial charge in [-0.2, -0.15) is 0 Å². The fourth-order valence-corrected chi connectivity index (χ4v) is 3.01. The van der Waals surface area contributed by atoms with Gasteiger partial charge in [0.05, 0.1) is 18.9 Å². The number of halogens is 1. The molecule has 0 saturated heterocycles. The smallest absolute Gasteiger partial charge is 0.426 e. The summed E-state index contributed by atoms with van der Waals surface area (Å²) < 4.78 is 13.7. The van der Waals surface area contributed by atoms with Crippen molar-refractivity contribution < 1.29 is 24.0 Å². The van der Waals surface area contributed by atoms with Crippen molar-refractivity contribution in [3.05, 3.63) is 83.7 Å². The molecule has 0 bridgehead atoms. The molecule has 33 heavy (non-hydrogen) atoms. The topological polar surface area (TPSA) is 98.7 Å². The summed E-state index contributed by atoms with van der Waals surface area (Å²) in [6, 6.07) is 17.7. The third-order valence-electron chi connectivity index (χ3n) is 4.44. The van der Waals surface area contributed by atoms with Gasteiger partial charge in [0, 0.05) is 5.56 Å². The Kier molecular flexibility index (Phi) is 10.0. The second-order valence-electron chi connectivity index (χ2n) is 8.36. The highest BCUT2D eigenvalue weighted by molar-refractivity contribution is 6.41. The minimum atomic E-state index is -1.68. The largest absolute Gasteiger partial charge is 0.472 e. The average Bonchev–Trinajstić information content (AvgIpc) is 2.76. The lowest BCUT2D eigenvalue weighted by molar-refractivity contribution is -0.121. The zero-order valence-electron chi connectivity index (χ0n) is 19.1. The fourth-order valence-electron chi connectivity index (χ4n) is 3.01. The predicted octanol–water partition coefficient (Wildman–Crippen LogP) is 3.63. The van der Waals surface area contributed by atoms with E-state index in [1.807, 2.05) is 30.3 Å². The van der Waals surface area contributed by atoms with Gasteiger partial charge in [-0.15, -0.1) is 0 Å². The quantitative estimate of drug-likeness (QED) is 0.412. The molecule has 4 N–H and O–H groups in total. The van der Waals surface area contributed by atoms with Gasteiger partial charge in [-0.25, -0.2) is 4.39 Å². The third-order valence-corrected chi connectivity index (χ3v) is 4.44. The van der Waals surface area contributed by atoms with Crippen LogP contribution in [0.15, 0.2) is 66.7 Å². The molecule has 3 aromatic rings. The van der Waals surface area contributed by atoms with E-state index in [-0.39, 0.29) is 12.9 Å². The van der Waals surface area contributed by atoms with Crippen LogP contribution < -0.4 is 10.6 Å². The number of nitrogens with one attached hydrogen (secondary N) is 2. The van der Waals surface area contributed by atoms with Crippen molar-refractivity contribution in [2.75, 3.05) is 6.44 Å². The number of hydrogen-bond acceptors (Lipinski definition) is 4. The Balaban J connectivity index is 0.000000890. The van der Waals surface area contributed by atoms with Crippen molar-refractivity contribution in [2.24, 2.45) is 5.92 Å². The van der Waals surface area contributed by atoms with Crippen molar-refractivity contribution in [1.29, 1.82) is 0 Å².